The van der Waals surface area contributed by atoms with Crippen LogP contribution in [0.3, 0.4) is 0 Å². The Morgan fingerprint density at radius 3 is 2.61 bits per heavy atom. The minimum atomic E-state index is -0.390. The van der Waals surface area contributed by atoms with Gasteiger partial charge in [-0.25, -0.2) is 0 Å². The predicted molar refractivity (Wildman–Crippen MR) is 134 cm³/mol. The lowest BCUT2D eigenvalue weighted by Gasteiger charge is -2.40. The van der Waals surface area contributed by atoms with E-state index in [4.69, 9.17) is 4.74 Å². The fraction of sp³-hybridized carbons (Fsp3) is 0.556. The number of nitrogens with one attached hydrogen (secondary N) is 1. The number of thiophene rings is 1. The molecule has 2 heterocycles. The number of fused-ring (bicyclic) bond motifs is 3. The van der Waals surface area contributed by atoms with E-state index >= 15 is 0 Å². The lowest BCUT2D eigenvalue weighted by atomic mass is 9.91. The predicted octanol–water partition coefficient (Wildman–Crippen LogP) is 5.31. The smallest absolute Gasteiger partial charge is 0.264 e. The Morgan fingerprint density at radius 1 is 1.15 bits per heavy atom. The van der Waals surface area contributed by atoms with Crippen LogP contribution in [0.4, 0.5) is 0 Å². The van der Waals surface area contributed by atoms with Crippen molar-refractivity contribution in [1.82, 2.24) is 10.2 Å². The molecule has 2 aromatic rings. The Hall–Kier alpha value is -2.34. The van der Waals surface area contributed by atoms with E-state index in [0.717, 1.165) is 36.3 Å². The molecule has 2 aliphatic rings. The SMILES string of the molecule is COc1ccc2c(c1)CCc1cc(C(=O)N3C[C@H](CC(C)C)NC(=O)[C@@H]3CCC(C)C)sc1-2. The zero-order valence-corrected chi connectivity index (χ0v) is 21.3. The maximum atomic E-state index is 13.8. The molecule has 1 fully saturated rings. The van der Waals surface area contributed by atoms with E-state index in [0.29, 0.717) is 24.8 Å². The second kappa shape index (κ2) is 9.88. The molecule has 33 heavy (non-hydrogen) atoms. The second-order valence-electron chi connectivity index (χ2n) is 10.3. The maximum absolute atomic E-state index is 13.8. The highest BCUT2D eigenvalue weighted by atomic mass is 32.1. The van der Waals surface area contributed by atoms with Crippen LogP contribution in [0.5, 0.6) is 5.75 Å². The van der Waals surface area contributed by atoms with Crippen LogP contribution in [-0.2, 0) is 17.6 Å². The van der Waals surface area contributed by atoms with Gasteiger partial charge in [-0.3, -0.25) is 9.59 Å². The van der Waals surface area contributed by atoms with Gasteiger partial charge in [0.15, 0.2) is 0 Å². The summed E-state index contributed by atoms with van der Waals surface area (Å²) in [7, 11) is 1.69. The van der Waals surface area contributed by atoms with Crippen molar-refractivity contribution in [2.45, 2.75) is 71.9 Å². The van der Waals surface area contributed by atoms with Crippen molar-refractivity contribution in [1.29, 1.82) is 0 Å². The Bertz CT molecular complexity index is 1030. The third-order valence-electron chi connectivity index (χ3n) is 6.72. The van der Waals surface area contributed by atoms with Gasteiger partial charge in [0.1, 0.15) is 11.8 Å². The van der Waals surface area contributed by atoms with Gasteiger partial charge >= 0.3 is 0 Å². The van der Waals surface area contributed by atoms with Crippen molar-refractivity contribution in [3.8, 4) is 16.2 Å². The number of benzene rings is 1. The Balaban J connectivity index is 1.63. The summed E-state index contributed by atoms with van der Waals surface area (Å²) in [6.45, 7) is 9.22. The summed E-state index contributed by atoms with van der Waals surface area (Å²) in [6.07, 6.45) is 4.38. The van der Waals surface area contributed by atoms with E-state index in [-0.39, 0.29) is 23.9 Å². The molecule has 5 nitrogen and oxygen atoms in total. The number of nitrogens with zero attached hydrogens (tertiary/aromatic N) is 1. The van der Waals surface area contributed by atoms with Crippen molar-refractivity contribution in [3.05, 3.63) is 40.3 Å². The number of carbonyl (C=O) groups excluding carboxylic acids is 2. The highest BCUT2D eigenvalue weighted by molar-refractivity contribution is 7.17. The van der Waals surface area contributed by atoms with Crippen molar-refractivity contribution >= 4 is 23.2 Å². The van der Waals surface area contributed by atoms with Gasteiger partial charge in [0.05, 0.1) is 12.0 Å². The Morgan fingerprint density at radius 2 is 1.91 bits per heavy atom. The van der Waals surface area contributed by atoms with Crippen LogP contribution in [-0.4, -0.2) is 42.5 Å². The first-order valence-corrected chi connectivity index (χ1v) is 13.0. The molecule has 0 bridgehead atoms. The molecular formula is C27H36N2O3S. The lowest BCUT2D eigenvalue weighted by Crippen LogP contribution is -2.61. The number of aryl methyl sites for hydroxylation is 2. The fourth-order valence-corrected chi connectivity index (χ4v) is 6.27. The summed E-state index contributed by atoms with van der Waals surface area (Å²) < 4.78 is 5.39. The number of hydrogen-bond donors (Lipinski definition) is 1. The number of methoxy groups -OCH3 is 1. The van der Waals surface area contributed by atoms with Gasteiger partial charge in [-0.2, -0.15) is 0 Å². The molecule has 0 unspecified atom stereocenters. The third-order valence-corrected chi connectivity index (χ3v) is 7.92. The Labute approximate surface area is 201 Å². The van der Waals surface area contributed by atoms with Crippen LogP contribution in [0.25, 0.3) is 10.4 Å². The van der Waals surface area contributed by atoms with Crippen LogP contribution >= 0.6 is 11.3 Å². The van der Waals surface area contributed by atoms with Crippen LogP contribution < -0.4 is 10.1 Å². The van der Waals surface area contributed by atoms with Crippen molar-refractivity contribution in [2.75, 3.05) is 13.7 Å². The van der Waals surface area contributed by atoms with E-state index in [1.165, 1.54) is 21.6 Å². The average molecular weight is 469 g/mol. The van der Waals surface area contributed by atoms with Gasteiger partial charge < -0.3 is 15.0 Å². The molecule has 0 spiro atoms. The minimum Gasteiger partial charge on any atom is -0.497 e. The van der Waals surface area contributed by atoms with Gasteiger partial charge in [-0.05, 0) is 84.9 Å². The zero-order chi connectivity index (χ0) is 23.7. The normalized spacial score (nSPS) is 20.0. The molecule has 1 aromatic heterocycles. The van der Waals surface area contributed by atoms with Crippen LogP contribution in [0, 0.1) is 11.8 Å². The summed E-state index contributed by atoms with van der Waals surface area (Å²) in [5.41, 5.74) is 3.71. The monoisotopic (exact) mass is 468 g/mol. The summed E-state index contributed by atoms with van der Waals surface area (Å²) in [6, 6.07) is 7.89. The van der Waals surface area contributed by atoms with Gasteiger partial charge in [-0.1, -0.05) is 27.7 Å². The van der Waals surface area contributed by atoms with Crippen molar-refractivity contribution in [2.24, 2.45) is 11.8 Å². The van der Waals surface area contributed by atoms with E-state index < -0.39 is 0 Å². The third kappa shape index (κ3) is 5.11. The molecule has 1 N–H and O–H groups in total. The first-order chi connectivity index (χ1) is 15.8. The lowest BCUT2D eigenvalue weighted by molar-refractivity contribution is -0.130. The summed E-state index contributed by atoms with van der Waals surface area (Å²) in [5.74, 6) is 1.82. The molecule has 1 aromatic carbocycles. The summed E-state index contributed by atoms with van der Waals surface area (Å²) in [4.78, 5) is 30.6. The van der Waals surface area contributed by atoms with Gasteiger partial charge in [-0.15, -0.1) is 11.3 Å². The first-order valence-electron chi connectivity index (χ1n) is 12.2. The minimum absolute atomic E-state index is 0.000315. The highest BCUT2D eigenvalue weighted by Crippen LogP contribution is 2.41. The van der Waals surface area contributed by atoms with Crippen molar-refractivity contribution in [3.63, 3.8) is 0 Å². The number of ether oxygens (including phenoxy) is 1. The van der Waals surface area contributed by atoms with Gasteiger partial charge in [0.25, 0.3) is 5.91 Å². The molecule has 0 saturated carbocycles. The number of amides is 2. The molecule has 6 heteroatoms. The van der Waals surface area contributed by atoms with Crippen molar-refractivity contribution < 1.29 is 14.3 Å². The number of carbonyl (C=O) groups is 2. The number of piperazine rings is 1. The van der Waals surface area contributed by atoms with Crippen LogP contribution in [0.1, 0.15) is 67.8 Å². The van der Waals surface area contributed by atoms with Gasteiger partial charge in [0.2, 0.25) is 5.91 Å². The molecule has 0 radical (unpaired) electrons. The second-order valence-corrected chi connectivity index (χ2v) is 11.3. The van der Waals surface area contributed by atoms with E-state index in [2.05, 4.69) is 51.2 Å². The summed E-state index contributed by atoms with van der Waals surface area (Å²) >= 11 is 1.57. The topological polar surface area (TPSA) is 58.6 Å². The van der Waals surface area contributed by atoms with Crippen LogP contribution in [0.15, 0.2) is 24.3 Å². The molecule has 1 aliphatic heterocycles. The maximum Gasteiger partial charge on any atom is 0.264 e. The van der Waals surface area contributed by atoms with E-state index in [1.807, 2.05) is 11.0 Å². The summed E-state index contributed by atoms with van der Waals surface area (Å²) in [5, 5.41) is 3.19. The quantitative estimate of drug-likeness (QED) is 0.599. The van der Waals surface area contributed by atoms with Gasteiger partial charge in [0, 0.05) is 17.5 Å². The fourth-order valence-electron chi connectivity index (χ4n) is 5.04. The highest BCUT2D eigenvalue weighted by Gasteiger charge is 2.38. The number of hydrogen-bond acceptors (Lipinski definition) is 4. The van der Waals surface area contributed by atoms with E-state index in [9.17, 15) is 9.59 Å². The molecule has 178 valence electrons. The zero-order valence-electron chi connectivity index (χ0n) is 20.4. The first kappa shape index (κ1) is 23.8. The molecule has 2 amide bonds. The van der Waals surface area contributed by atoms with E-state index in [1.54, 1.807) is 18.4 Å². The largest absolute Gasteiger partial charge is 0.497 e. The molecular weight excluding hydrogens is 432 g/mol. The number of rotatable bonds is 7. The molecule has 4 rings (SSSR count). The Kier molecular flexibility index (Phi) is 7.13. The standard InChI is InChI=1S/C27H36N2O3S/c1-16(2)6-11-23-26(30)28-20(12-17(3)4)15-29(23)27(31)24-14-19-8-7-18-13-21(32-5)9-10-22(18)25(19)33-24/h9-10,13-14,16-17,20,23H,6-8,11-12,15H2,1-5H3,(H,28,30)/t20-,23-/m0/s1. The molecule has 1 saturated heterocycles. The molecule has 1 aliphatic carbocycles. The average Bonchev–Trinajstić information content (AvgIpc) is 3.21. The molecule has 2 atom stereocenters. The van der Waals surface area contributed by atoms with Crippen LogP contribution in [0.2, 0.25) is 0 Å².